The molecule has 0 fully saturated rings. The lowest BCUT2D eigenvalue weighted by Crippen LogP contribution is -2.26. The SMILES string of the molecule is COc1ccc(C)cc1CN(C)CC(C)O. The number of likely N-dealkylation sites (N-methyl/N-ethyl adjacent to an activating group) is 1. The maximum atomic E-state index is 9.31. The van der Waals surface area contributed by atoms with Crippen molar-refractivity contribution in [2.75, 3.05) is 20.7 Å². The van der Waals surface area contributed by atoms with Gasteiger partial charge in [0.2, 0.25) is 0 Å². The molecule has 90 valence electrons. The van der Waals surface area contributed by atoms with Gasteiger partial charge < -0.3 is 9.84 Å². The molecule has 0 radical (unpaired) electrons. The first-order valence-corrected chi connectivity index (χ1v) is 5.53. The van der Waals surface area contributed by atoms with Gasteiger partial charge in [0.1, 0.15) is 5.75 Å². The molecule has 1 unspecified atom stereocenters. The van der Waals surface area contributed by atoms with Gasteiger partial charge in [-0.2, -0.15) is 0 Å². The van der Waals surface area contributed by atoms with E-state index in [9.17, 15) is 5.11 Å². The Morgan fingerprint density at radius 2 is 2.12 bits per heavy atom. The molecule has 0 aliphatic rings. The van der Waals surface area contributed by atoms with Crippen molar-refractivity contribution in [3.05, 3.63) is 29.3 Å². The maximum absolute atomic E-state index is 9.31. The number of ether oxygens (including phenoxy) is 1. The van der Waals surface area contributed by atoms with Crippen LogP contribution in [-0.2, 0) is 6.54 Å². The number of rotatable bonds is 5. The van der Waals surface area contributed by atoms with Gasteiger partial charge in [-0.05, 0) is 27.0 Å². The van der Waals surface area contributed by atoms with E-state index in [1.165, 1.54) is 5.56 Å². The lowest BCUT2D eigenvalue weighted by Gasteiger charge is -2.20. The van der Waals surface area contributed by atoms with Gasteiger partial charge in [0.05, 0.1) is 13.2 Å². The minimum absolute atomic E-state index is 0.305. The molecule has 1 rings (SSSR count). The van der Waals surface area contributed by atoms with E-state index in [4.69, 9.17) is 4.74 Å². The summed E-state index contributed by atoms with van der Waals surface area (Å²) in [6.45, 7) is 5.31. The first-order chi connectivity index (χ1) is 7.52. The molecule has 1 N–H and O–H groups in total. The summed E-state index contributed by atoms with van der Waals surface area (Å²) < 4.78 is 5.32. The maximum Gasteiger partial charge on any atom is 0.123 e. The zero-order valence-electron chi connectivity index (χ0n) is 10.5. The molecule has 3 nitrogen and oxygen atoms in total. The summed E-state index contributed by atoms with van der Waals surface area (Å²) in [7, 11) is 3.68. The predicted octanol–water partition coefficient (Wildman–Crippen LogP) is 1.82. The molecular weight excluding hydrogens is 202 g/mol. The fraction of sp³-hybridized carbons (Fsp3) is 0.538. The average molecular weight is 223 g/mol. The van der Waals surface area contributed by atoms with Crippen LogP contribution in [-0.4, -0.2) is 36.8 Å². The highest BCUT2D eigenvalue weighted by Gasteiger charge is 2.08. The van der Waals surface area contributed by atoms with Crippen LogP contribution in [0.1, 0.15) is 18.1 Å². The van der Waals surface area contributed by atoms with Crippen molar-refractivity contribution in [1.82, 2.24) is 4.90 Å². The summed E-state index contributed by atoms with van der Waals surface area (Å²) >= 11 is 0. The smallest absolute Gasteiger partial charge is 0.123 e. The summed E-state index contributed by atoms with van der Waals surface area (Å²) in [4.78, 5) is 2.09. The number of hydrogen-bond acceptors (Lipinski definition) is 3. The molecule has 0 heterocycles. The van der Waals surface area contributed by atoms with Gasteiger partial charge in [0.25, 0.3) is 0 Å². The predicted molar refractivity (Wildman–Crippen MR) is 65.7 cm³/mol. The number of nitrogens with zero attached hydrogens (tertiary/aromatic N) is 1. The van der Waals surface area contributed by atoms with E-state index in [0.29, 0.717) is 6.54 Å². The van der Waals surface area contributed by atoms with Gasteiger partial charge in [0, 0.05) is 18.7 Å². The molecule has 0 amide bonds. The summed E-state index contributed by atoms with van der Waals surface area (Å²) in [6, 6.07) is 6.15. The topological polar surface area (TPSA) is 32.7 Å². The van der Waals surface area contributed by atoms with E-state index < -0.39 is 0 Å². The van der Waals surface area contributed by atoms with Gasteiger partial charge in [-0.1, -0.05) is 17.7 Å². The number of aliphatic hydroxyl groups is 1. The third-order valence-electron chi connectivity index (χ3n) is 2.45. The fourth-order valence-corrected chi connectivity index (χ4v) is 1.84. The Balaban J connectivity index is 2.74. The monoisotopic (exact) mass is 223 g/mol. The second-order valence-corrected chi connectivity index (χ2v) is 4.36. The standard InChI is InChI=1S/C13H21NO2/c1-10-5-6-13(16-4)12(7-10)9-14(3)8-11(2)15/h5-7,11,15H,8-9H2,1-4H3. The van der Waals surface area contributed by atoms with E-state index in [-0.39, 0.29) is 6.10 Å². The first kappa shape index (κ1) is 13.0. The van der Waals surface area contributed by atoms with Crippen LogP contribution in [0.4, 0.5) is 0 Å². The molecule has 0 spiro atoms. The fourth-order valence-electron chi connectivity index (χ4n) is 1.84. The molecule has 0 saturated heterocycles. The number of benzene rings is 1. The summed E-state index contributed by atoms with van der Waals surface area (Å²) in [5, 5.41) is 9.31. The largest absolute Gasteiger partial charge is 0.496 e. The zero-order chi connectivity index (χ0) is 12.1. The molecular formula is C13H21NO2. The quantitative estimate of drug-likeness (QED) is 0.826. The van der Waals surface area contributed by atoms with Crippen LogP contribution >= 0.6 is 0 Å². The highest BCUT2D eigenvalue weighted by molar-refractivity contribution is 5.36. The molecule has 0 aliphatic heterocycles. The van der Waals surface area contributed by atoms with Crippen LogP contribution in [0.15, 0.2) is 18.2 Å². The van der Waals surface area contributed by atoms with Crippen LogP contribution in [0.5, 0.6) is 5.75 Å². The second kappa shape index (κ2) is 5.87. The molecule has 1 aromatic rings. The van der Waals surface area contributed by atoms with Crippen molar-refractivity contribution in [2.45, 2.75) is 26.5 Å². The Morgan fingerprint density at radius 1 is 1.44 bits per heavy atom. The van der Waals surface area contributed by atoms with E-state index in [2.05, 4.69) is 17.9 Å². The van der Waals surface area contributed by atoms with Crippen LogP contribution in [0.3, 0.4) is 0 Å². The highest BCUT2D eigenvalue weighted by atomic mass is 16.5. The van der Waals surface area contributed by atoms with E-state index >= 15 is 0 Å². The minimum atomic E-state index is -0.305. The number of aliphatic hydroxyl groups excluding tert-OH is 1. The van der Waals surface area contributed by atoms with Gasteiger partial charge in [-0.25, -0.2) is 0 Å². The molecule has 0 bridgehead atoms. The van der Waals surface area contributed by atoms with Crippen molar-refractivity contribution in [1.29, 1.82) is 0 Å². The number of hydrogen-bond donors (Lipinski definition) is 1. The van der Waals surface area contributed by atoms with Crippen LogP contribution in [0.25, 0.3) is 0 Å². The molecule has 0 aliphatic carbocycles. The molecule has 0 aromatic heterocycles. The Kier molecular flexibility index (Phi) is 4.77. The highest BCUT2D eigenvalue weighted by Crippen LogP contribution is 2.20. The Bertz CT molecular complexity index is 337. The summed E-state index contributed by atoms with van der Waals surface area (Å²) in [6.07, 6.45) is -0.305. The van der Waals surface area contributed by atoms with Gasteiger partial charge in [-0.15, -0.1) is 0 Å². The van der Waals surface area contributed by atoms with Crippen molar-refractivity contribution in [3.63, 3.8) is 0 Å². The van der Waals surface area contributed by atoms with E-state index in [1.807, 2.05) is 19.2 Å². The van der Waals surface area contributed by atoms with Crippen LogP contribution < -0.4 is 4.74 Å². The molecule has 3 heteroatoms. The molecule has 1 atom stereocenters. The van der Waals surface area contributed by atoms with Gasteiger partial charge >= 0.3 is 0 Å². The second-order valence-electron chi connectivity index (χ2n) is 4.36. The lowest BCUT2D eigenvalue weighted by molar-refractivity contribution is 0.138. The summed E-state index contributed by atoms with van der Waals surface area (Å²) in [5.41, 5.74) is 2.38. The van der Waals surface area contributed by atoms with Crippen LogP contribution in [0, 0.1) is 6.92 Å². The Hall–Kier alpha value is -1.06. The van der Waals surface area contributed by atoms with Crippen molar-refractivity contribution >= 4 is 0 Å². The number of methoxy groups -OCH3 is 1. The van der Waals surface area contributed by atoms with Crippen LogP contribution in [0.2, 0.25) is 0 Å². The van der Waals surface area contributed by atoms with Gasteiger partial charge in [0.15, 0.2) is 0 Å². The minimum Gasteiger partial charge on any atom is -0.496 e. The van der Waals surface area contributed by atoms with Gasteiger partial charge in [-0.3, -0.25) is 4.90 Å². The third kappa shape index (κ3) is 3.83. The lowest BCUT2D eigenvalue weighted by atomic mass is 10.1. The van der Waals surface area contributed by atoms with Crippen molar-refractivity contribution in [2.24, 2.45) is 0 Å². The third-order valence-corrected chi connectivity index (χ3v) is 2.45. The molecule has 1 aromatic carbocycles. The van der Waals surface area contributed by atoms with Crippen molar-refractivity contribution in [3.8, 4) is 5.75 Å². The Morgan fingerprint density at radius 3 is 2.69 bits per heavy atom. The molecule has 16 heavy (non-hydrogen) atoms. The summed E-state index contributed by atoms with van der Waals surface area (Å²) in [5.74, 6) is 0.906. The molecule has 0 saturated carbocycles. The van der Waals surface area contributed by atoms with Crippen molar-refractivity contribution < 1.29 is 9.84 Å². The zero-order valence-corrected chi connectivity index (χ0v) is 10.5. The van der Waals surface area contributed by atoms with E-state index in [0.717, 1.165) is 17.9 Å². The average Bonchev–Trinajstić information content (AvgIpc) is 2.16. The first-order valence-electron chi connectivity index (χ1n) is 5.53. The number of aryl methyl sites for hydroxylation is 1. The van der Waals surface area contributed by atoms with E-state index in [1.54, 1.807) is 14.0 Å². The Labute approximate surface area is 97.7 Å². The normalized spacial score (nSPS) is 12.9.